The summed E-state index contributed by atoms with van der Waals surface area (Å²) in [7, 11) is 4.37. The average molecular weight is 261 g/mol. The van der Waals surface area contributed by atoms with Gasteiger partial charge in [0.1, 0.15) is 0 Å². The third kappa shape index (κ3) is 2.44. The normalized spacial score (nSPS) is 21.6. The van der Waals surface area contributed by atoms with Crippen LogP contribution in [-0.4, -0.2) is 25.8 Å². The summed E-state index contributed by atoms with van der Waals surface area (Å²) in [4.78, 5) is 2.36. The standard InChI is InChI=1S/C18H20BN/c1-20(2)19-17(15-9-5-3-6-10-15)13-14-18(19)16-11-7-4-8-12-16/h3-14,17-18H,1-2H3. The summed E-state index contributed by atoms with van der Waals surface area (Å²) in [5, 5.41) is 0. The lowest BCUT2D eigenvalue weighted by molar-refractivity contribution is 0.620. The molecule has 20 heavy (non-hydrogen) atoms. The lowest BCUT2D eigenvalue weighted by atomic mass is 9.43. The molecule has 0 spiro atoms. The van der Waals surface area contributed by atoms with Crippen molar-refractivity contribution in [2.75, 3.05) is 14.1 Å². The first-order valence-electron chi connectivity index (χ1n) is 7.22. The molecule has 1 aliphatic rings. The number of benzene rings is 2. The van der Waals surface area contributed by atoms with Crippen molar-refractivity contribution >= 4 is 6.85 Å². The second-order valence-corrected chi connectivity index (χ2v) is 5.71. The van der Waals surface area contributed by atoms with Crippen molar-refractivity contribution in [1.82, 2.24) is 4.81 Å². The van der Waals surface area contributed by atoms with Crippen molar-refractivity contribution in [2.24, 2.45) is 0 Å². The Morgan fingerprint density at radius 2 is 1.10 bits per heavy atom. The topological polar surface area (TPSA) is 3.24 Å². The Labute approximate surface area is 122 Å². The number of hydrogen-bond acceptors (Lipinski definition) is 1. The van der Waals surface area contributed by atoms with E-state index in [0.717, 1.165) is 0 Å². The zero-order chi connectivity index (χ0) is 13.9. The molecule has 1 nitrogen and oxygen atoms in total. The summed E-state index contributed by atoms with van der Waals surface area (Å²) in [6, 6.07) is 21.6. The van der Waals surface area contributed by atoms with Gasteiger partial charge in [0.2, 0.25) is 6.85 Å². The number of allylic oxidation sites excluding steroid dienone is 2. The summed E-state index contributed by atoms with van der Waals surface area (Å²) in [6.45, 7) is 0.486. The maximum Gasteiger partial charge on any atom is 0.246 e. The van der Waals surface area contributed by atoms with Crippen LogP contribution in [0.25, 0.3) is 0 Å². The van der Waals surface area contributed by atoms with E-state index < -0.39 is 0 Å². The molecule has 2 aromatic carbocycles. The van der Waals surface area contributed by atoms with E-state index in [1.54, 1.807) is 0 Å². The molecule has 0 saturated heterocycles. The molecule has 0 aromatic heterocycles. The fourth-order valence-corrected chi connectivity index (χ4v) is 3.30. The zero-order valence-corrected chi connectivity index (χ0v) is 12.1. The van der Waals surface area contributed by atoms with E-state index in [2.05, 4.69) is 91.7 Å². The van der Waals surface area contributed by atoms with E-state index in [9.17, 15) is 0 Å². The van der Waals surface area contributed by atoms with Gasteiger partial charge in [-0.2, -0.15) is 0 Å². The van der Waals surface area contributed by atoms with E-state index in [-0.39, 0.29) is 0 Å². The third-order valence-corrected chi connectivity index (χ3v) is 4.23. The first-order chi connectivity index (χ1) is 9.77. The van der Waals surface area contributed by atoms with E-state index in [4.69, 9.17) is 0 Å². The van der Waals surface area contributed by atoms with Gasteiger partial charge >= 0.3 is 0 Å². The Morgan fingerprint density at radius 1 is 0.700 bits per heavy atom. The van der Waals surface area contributed by atoms with Gasteiger partial charge in [0, 0.05) is 0 Å². The lowest BCUT2D eigenvalue weighted by Gasteiger charge is -2.28. The van der Waals surface area contributed by atoms with Crippen molar-refractivity contribution in [3.8, 4) is 0 Å². The minimum atomic E-state index is 0.469. The molecule has 3 rings (SSSR count). The molecule has 0 saturated carbocycles. The van der Waals surface area contributed by atoms with Gasteiger partial charge in [0.15, 0.2) is 0 Å². The maximum atomic E-state index is 2.37. The molecule has 2 heteroatoms. The minimum Gasteiger partial charge on any atom is -0.346 e. The highest BCUT2D eigenvalue weighted by Crippen LogP contribution is 2.37. The van der Waals surface area contributed by atoms with Crippen molar-refractivity contribution in [3.05, 3.63) is 83.9 Å². The van der Waals surface area contributed by atoms with Crippen LogP contribution in [0.1, 0.15) is 22.8 Å². The Balaban J connectivity index is 1.94. The summed E-state index contributed by atoms with van der Waals surface area (Å²) < 4.78 is 0. The summed E-state index contributed by atoms with van der Waals surface area (Å²) in [5.41, 5.74) is 2.81. The predicted molar refractivity (Wildman–Crippen MR) is 86.9 cm³/mol. The summed E-state index contributed by atoms with van der Waals surface area (Å²) in [6.07, 6.45) is 4.75. The van der Waals surface area contributed by atoms with Crippen LogP contribution in [0.2, 0.25) is 0 Å². The highest BCUT2D eigenvalue weighted by Gasteiger charge is 2.38. The fraction of sp³-hybridized carbons (Fsp3) is 0.222. The van der Waals surface area contributed by atoms with Crippen molar-refractivity contribution in [2.45, 2.75) is 11.6 Å². The summed E-state index contributed by atoms with van der Waals surface area (Å²) in [5.74, 6) is 0.938. The van der Waals surface area contributed by atoms with Crippen LogP contribution >= 0.6 is 0 Å². The second-order valence-electron chi connectivity index (χ2n) is 5.71. The van der Waals surface area contributed by atoms with Gasteiger partial charge in [-0.3, -0.25) is 0 Å². The predicted octanol–water partition coefficient (Wildman–Crippen LogP) is 3.76. The Hall–Kier alpha value is -1.80. The van der Waals surface area contributed by atoms with Crippen LogP contribution in [0.4, 0.5) is 0 Å². The Bertz CT molecular complexity index is 527. The second kappa shape index (κ2) is 5.68. The molecular formula is C18H20BN. The van der Waals surface area contributed by atoms with Gasteiger partial charge in [0.25, 0.3) is 0 Å². The van der Waals surface area contributed by atoms with Crippen LogP contribution in [0, 0.1) is 0 Å². The summed E-state index contributed by atoms with van der Waals surface area (Å²) >= 11 is 0. The highest BCUT2D eigenvalue weighted by molar-refractivity contribution is 6.61. The highest BCUT2D eigenvalue weighted by atomic mass is 15.0. The van der Waals surface area contributed by atoms with Crippen LogP contribution in [-0.2, 0) is 0 Å². The quantitative estimate of drug-likeness (QED) is 0.600. The van der Waals surface area contributed by atoms with Crippen molar-refractivity contribution in [3.63, 3.8) is 0 Å². The molecule has 100 valence electrons. The molecule has 1 aliphatic heterocycles. The van der Waals surface area contributed by atoms with E-state index >= 15 is 0 Å². The number of hydrogen-bond donors (Lipinski definition) is 0. The number of rotatable bonds is 3. The average Bonchev–Trinajstić information content (AvgIpc) is 2.94. The smallest absolute Gasteiger partial charge is 0.246 e. The maximum absolute atomic E-state index is 2.37. The van der Waals surface area contributed by atoms with Gasteiger partial charge in [-0.25, -0.2) is 0 Å². The Morgan fingerprint density at radius 3 is 1.45 bits per heavy atom. The van der Waals surface area contributed by atoms with Crippen LogP contribution in [0.5, 0.6) is 0 Å². The molecular weight excluding hydrogens is 241 g/mol. The molecule has 0 bridgehead atoms. The molecule has 2 unspecified atom stereocenters. The van der Waals surface area contributed by atoms with E-state index in [0.29, 0.717) is 18.5 Å². The van der Waals surface area contributed by atoms with Crippen molar-refractivity contribution in [1.29, 1.82) is 0 Å². The fourth-order valence-electron chi connectivity index (χ4n) is 3.30. The monoisotopic (exact) mass is 261 g/mol. The van der Waals surface area contributed by atoms with Gasteiger partial charge < -0.3 is 4.81 Å². The van der Waals surface area contributed by atoms with Crippen LogP contribution in [0.15, 0.2) is 72.8 Å². The van der Waals surface area contributed by atoms with Gasteiger partial charge in [-0.15, -0.1) is 0 Å². The molecule has 0 radical (unpaired) electrons. The van der Waals surface area contributed by atoms with Gasteiger partial charge in [-0.1, -0.05) is 72.8 Å². The van der Waals surface area contributed by atoms with Crippen LogP contribution < -0.4 is 0 Å². The SMILES string of the molecule is CN(C)B1C(c2ccccc2)C=CC1c1ccccc1. The van der Waals surface area contributed by atoms with E-state index in [1.807, 2.05) is 0 Å². The molecule has 2 atom stereocenters. The van der Waals surface area contributed by atoms with Crippen LogP contribution in [0.3, 0.4) is 0 Å². The zero-order valence-electron chi connectivity index (χ0n) is 12.1. The molecule has 1 heterocycles. The van der Waals surface area contributed by atoms with E-state index in [1.165, 1.54) is 11.1 Å². The molecule has 0 fully saturated rings. The van der Waals surface area contributed by atoms with Gasteiger partial charge in [0.05, 0.1) is 0 Å². The first-order valence-corrected chi connectivity index (χ1v) is 7.22. The molecule has 0 aliphatic carbocycles. The molecule has 2 aromatic rings. The van der Waals surface area contributed by atoms with Crippen molar-refractivity contribution < 1.29 is 0 Å². The molecule has 0 N–H and O–H groups in total. The molecule has 0 amide bonds. The largest absolute Gasteiger partial charge is 0.346 e. The van der Waals surface area contributed by atoms with Gasteiger partial charge in [-0.05, 0) is 36.9 Å². The first kappa shape index (κ1) is 13.2. The lowest BCUT2D eigenvalue weighted by Crippen LogP contribution is -2.40. The third-order valence-electron chi connectivity index (χ3n) is 4.23. The number of nitrogens with zero attached hydrogens (tertiary/aromatic N) is 1. The Kier molecular flexibility index (Phi) is 3.75. The minimum absolute atomic E-state index is 0.469.